The van der Waals surface area contributed by atoms with Crippen LogP contribution in [0.1, 0.15) is 16.7 Å². The molecule has 34 heavy (non-hydrogen) atoms. The third kappa shape index (κ3) is 6.43. The first kappa shape index (κ1) is 24.9. The molecule has 0 heterocycles. The fourth-order valence-electron chi connectivity index (χ4n) is 3.16. The molecular formula is C25H27N3O5S. The summed E-state index contributed by atoms with van der Waals surface area (Å²) in [5.74, 6) is -0.0763. The van der Waals surface area contributed by atoms with E-state index in [1.165, 1.54) is 32.6 Å². The molecule has 8 nitrogen and oxygen atoms in total. The molecule has 0 bridgehead atoms. The largest absolute Gasteiger partial charge is 0.497 e. The highest BCUT2D eigenvalue weighted by Gasteiger charge is 2.30. The van der Waals surface area contributed by atoms with Gasteiger partial charge in [-0.3, -0.25) is 4.79 Å². The second-order valence-electron chi connectivity index (χ2n) is 7.48. The first-order valence-corrected chi connectivity index (χ1v) is 11.9. The molecule has 0 aliphatic rings. The van der Waals surface area contributed by atoms with E-state index in [1.54, 1.807) is 30.3 Å². The summed E-state index contributed by atoms with van der Waals surface area (Å²) in [6.45, 7) is 1.52. The summed E-state index contributed by atoms with van der Waals surface area (Å²) in [4.78, 5) is 12.6. The monoisotopic (exact) mass is 481 g/mol. The van der Waals surface area contributed by atoms with Gasteiger partial charge in [0.2, 0.25) is 10.0 Å². The van der Waals surface area contributed by atoms with Gasteiger partial charge in [0.1, 0.15) is 16.4 Å². The Morgan fingerprint density at radius 2 is 1.71 bits per heavy atom. The Balaban J connectivity index is 1.86. The molecule has 0 aliphatic heterocycles. The molecule has 0 atom stereocenters. The van der Waals surface area contributed by atoms with Crippen LogP contribution in [0.2, 0.25) is 0 Å². The van der Waals surface area contributed by atoms with Gasteiger partial charge < -0.3 is 9.47 Å². The Kier molecular flexibility index (Phi) is 8.39. The van der Waals surface area contributed by atoms with Gasteiger partial charge in [-0.25, -0.2) is 13.8 Å². The molecule has 0 aromatic heterocycles. The number of nitrogens with one attached hydrogen (secondary N) is 1. The number of hydrazone groups is 1. The second-order valence-corrected chi connectivity index (χ2v) is 9.39. The molecule has 178 valence electrons. The Hall–Kier alpha value is -3.69. The van der Waals surface area contributed by atoms with Gasteiger partial charge in [-0.2, -0.15) is 9.41 Å². The highest BCUT2D eigenvalue weighted by atomic mass is 32.2. The minimum absolute atomic E-state index is 0.0152. The van der Waals surface area contributed by atoms with E-state index in [1.807, 2.05) is 37.3 Å². The van der Waals surface area contributed by atoms with Crippen LogP contribution < -0.4 is 14.9 Å². The summed E-state index contributed by atoms with van der Waals surface area (Å²) in [6, 6.07) is 21.1. The van der Waals surface area contributed by atoms with E-state index < -0.39 is 22.5 Å². The van der Waals surface area contributed by atoms with Crippen LogP contribution in [0.25, 0.3) is 0 Å². The zero-order valence-corrected chi connectivity index (χ0v) is 20.1. The molecule has 0 unspecified atom stereocenters. The second kappa shape index (κ2) is 11.4. The van der Waals surface area contributed by atoms with Crippen LogP contribution in [0.5, 0.6) is 11.5 Å². The van der Waals surface area contributed by atoms with Gasteiger partial charge in [0, 0.05) is 12.6 Å². The van der Waals surface area contributed by atoms with Crippen molar-refractivity contribution in [2.75, 3.05) is 20.8 Å². The molecule has 1 amide bonds. The zero-order chi connectivity index (χ0) is 24.6. The predicted octanol–water partition coefficient (Wildman–Crippen LogP) is 3.35. The van der Waals surface area contributed by atoms with E-state index in [4.69, 9.17) is 9.47 Å². The number of amides is 1. The van der Waals surface area contributed by atoms with E-state index in [9.17, 15) is 13.2 Å². The summed E-state index contributed by atoms with van der Waals surface area (Å²) in [5, 5.41) is 3.96. The number of ether oxygens (including phenoxy) is 2. The van der Waals surface area contributed by atoms with Crippen molar-refractivity contribution < 1.29 is 22.7 Å². The van der Waals surface area contributed by atoms with Crippen molar-refractivity contribution in [2.24, 2.45) is 5.10 Å². The van der Waals surface area contributed by atoms with Crippen molar-refractivity contribution >= 4 is 22.1 Å². The number of hydrogen-bond donors (Lipinski definition) is 1. The topological polar surface area (TPSA) is 97.3 Å². The normalized spacial score (nSPS) is 11.5. The minimum Gasteiger partial charge on any atom is -0.497 e. The summed E-state index contributed by atoms with van der Waals surface area (Å²) < 4.78 is 38.8. The number of methoxy groups -OCH3 is 2. The maximum atomic E-state index is 13.6. The molecule has 0 saturated heterocycles. The summed E-state index contributed by atoms with van der Waals surface area (Å²) in [6.07, 6.45) is 1.50. The van der Waals surface area contributed by atoms with E-state index in [2.05, 4.69) is 10.5 Å². The van der Waals surface area contributed by atoms with E-state index >= 15 is 0 Å². The molecule has 9 heteroatoms. The number of carbonyl (C=O) groups is 1. The Morgan fingerprint density at radius 3 is 2.35 bits per heavy atom. The predicted molar refractivity (Wildman–Crippen MR) is 130 cm³/mol. The molecule has 0 saturated carbocycles. The molecule has 3 aromatic carbocycles. The maximum Gasteiger partial charge on any atom is 0.255 e. The molecule has 3 aromatic rings. The highest BCUT2D eigenvalue weighted by Crippen LogP contribution is 2.31. The van der Waals surface area contributed by atoms with Crippen molar-refractivity contribution in [3.8, 4) is 11.5 Å². The highest BCUT2D eigenvalue weighted by molar-refractivity contribution is 7.89. The molecule has 3 rings (SSSR count). The lowest BCUT2D eigenvalue weighted by Gasteiger charge is -2.23. The van der Waals surface area contributed by atoms with Crippen LogP contribution >= 0.6 is 0 Å². The number of carbonyl (C=O) groups excluding carboxylic acids is 1. The Bertz CT molecular complexity index is 1240. The van der Waals surface area contributed by atoms with Gasteiger partial charge in [-0.1, -0.05) is 60.2 Å². The van der Waals surface area contributed by atoms with Crippen molar-refractivity contribution in [1.29, 1.82) is 0 Å². The maximum absolute atomic E-state index is 13.6. The van der Waals surface area contributed by atoms with Crippen LogP contribution in [0, 0.1) is 6.92 Å². The lowest BCUT2D eigenvalue weighted by atomic mass is 10.2. The number of sulfonamides is 1. The number of benzene rings is 3. The van der Waals surface area contributed by atoms with Crippen molar-refractivity contribution in [3.05, 3.63) is 89.5 Å². The van der Waals surface area contributed by atoms with Gasteiger partial charge in [-0.05, 0) is 30.2 Å². The van der Waals surface area contributed by atoms with E-state index in [0.717, 1.165) is 21.0 Å². The van der Waals surface area contributed by atoms with Gasteiger partial charge >= 0.3 is 0 Å². The standard InChI is InChI=1S/C25H27N3O5S/c1-19-9-11-20(12-10-19)16-26-27-25(29)18-28(17-21-7-5-4-6-8-21)34(30,31)24-15-22(32-2)13-14-23(24)33-3/h4-16H,17-18H2,1-3H3,(H,27,29)/b26-16+. The molecule has 0 fully saturated rings. The SMILES string of the molecule is COc1ccc(OC)c(S(=O)(=O)N(CC(=O)N/N=C/c2ccc(C)cc2)Cc2ccccc2)c1. The molecular weight excluding hydrogens is 454 g/mol. The number of aryl methyl sites for hydroxylation is 1. The van der Waals surface area contributed by atoms with Crippen molar-refractivity contribution in [2.45, 2.75) is 18.4 Å². The fraction of sp³-hybridized carbons (Fsp3) is 0.200. The van der Waals surface area contributed by atoms with Crippen LogP contribution in [0.3, 0.4) is 0 Å². The van der Waals surface area contributed by atoms with Gasteiger partial charge in [0.25, 0.3) is 5.91 Å². The van der Waals surface area contributed by atoms with Gasteiger partial charge in [0.15, 0.2) is 0 Å². The first-order chi connectivity index (χ1) is 16.3. The summed E-state index contributed by atoms with van der Waals surface area (Å²) >= 11 is 0. The lowest BCUT2D eigenvalue weighted by molar-refractivity contribution is -0.121. The average molecular weight is 482 g/mol. The molecule has 0 spiro atoms. The quantitative estimate of drug-likeness (QED) is 0.354. The number of rotatable bonds is 10. The summed E-state index contributed by atoms with van der Waals surface area (Å²) in [7, 11) is -1.31. The van der Waals surface area contributed by atoms with Crippen molar-refractivity contribution in [1.82, 2.24) is 9.73 Å². The smallest absolute Gasteiger partial charge is 0.255 e. The van der Waals surface area contributed by atoms with E-state index in [0.29, 0.717) is 5.75 Å². The summed E-state index contributed by atoms with van der Waals surface area (Å²) in [5.41, 5.74) is 5.04. The van der Waals surface area contributed by atoms with Crippen LogP contribution in [-0.2, 0) is 21.4 Å². The third-order valence-electron chi connectivity index (χ3n) is 4.99. The Labute approximate surface area is 199 Å². The fourth-order valence-corrected chi connectivity index (χ4v) is 4.72. The molecule has 0 radical (unpaired) electrons. The molecule has 0 aliphatic carbocycles. The number of nitrogens with zero attached hydrogens (tertiary/aromatic N) is 2. The van der Waals surface area contributed by atoms with Gasteiger partial charge in [-0.15, -0.1) is 0 Å². The average Bonchev–Trinajstić information content (AvgIpc) is 2.85. The van der Waals surface area contributed by atoms with Gasteiger partial charge in [0.05, 0.1) is 27.0 Å². The first-order valence-electron chi connectivity index (χ1n) is 10.5. The van der Waals surface area contributed by atoms with E-state index in [-0.39, 0.29) is 17.2 Å². The van der Waals surface area contributed by atoms with Crippen LogP contribution in [0.15, 0.2) is 82.8 Å². The lowest BCUT2D eigenvalue weighted by Crippen LogP contribution is -2.39. The zero-order valence-electron chi connectivity index (χ0n) is 19.3. The third-order valence-corrected chi connectivity index (χ3v) is 6.80. The van der Waals surface area contributed by atoms with Crippen LogP contribution in [0.4, 0.5) is 0 Å². The Morgan fingerprint density at radius 1 is 1.00 bits per heavy atom. The van der Waals surface area contributed by atoms with Crippen LogP contribution in [-0.4, -0.2) is 45.6 Å². The number of hydrogen-bond acceptors (Lipinski definition) is 6. The molecule has 1 N–H and O–H groups in total. The van der Waals surface area contributed by atoms with Crippen molar-refractivity contribution in [3.63, 3.8) is 0 Å². The minimum atomic E-state index is -4.14.